The fourth-order valence-corrected chi connectivity index (χ4v) is 2.24. The molecule has 2 aromatic rings. The van der Waals surface area contributed by atoms with Crippen LogP contribution < -0.4 is 0 Å². The van der Waals surface area contributed by atoms with E-state index in [2.05, 4.69) is 10.1 Å². The number of benzene rings is 1. The Morgan fingerprint density at radius 3 is 2.80 bits per heavy atom. The molecule has 0 aliphatic rings. The average molecular weight is 220 g/mol. The number of rotatable bonds is 2. The summed E-state index contributed by atoms with van der Waals surface area (Å²) in [5.41, 5.74) is 0.816. The maximum atomic E-state index is 11.1. The van der Waals surface area contributed by atoms with Crippen LogP contribution >= 0.6 is 11.3 Å². The molecule has 15 heavy (non-hydrogen) atoms. The summed E-state index contributed by atoms with van der Waals surface area (Å²) in [5, 5.41) is 12.1. The summed E-state index contributed by atoms with van der Waals surface area (Å²) in [4.78, 5) is 15.3. The highest BCUT2D eigenvalue weighted by Gasteiger charge is 2.14. The number of hydrogen-bond donors (Lipinski definition) is 1. The number of Topliss-reactive ketones (excluding diaryl/α,β-unsaturated/α-hetero) is 1. The van der Waals surface area contributed by atoms with Crippen molar-refractivity contribution in [1.82, 2.24) is 4.98 Å². The molecule has 0 saturated heterocycles. The Bertz CT molecular complexity index is 512. The highest BCUT2D eigenvalue weighted by molar-refractivity contribution is 7.21. The first-order chi connectivity index (χ1) is 7.22. The van der Waals surface area contributed by atoms with Crippen molar-refractivity contribution in [2.75, 3.05) is 0 Å². The van der Waals surface area contributed by atoms with Crippen molar-refractivity contribution in [2.45, 2.75) is 6.92 Å². The Balaban J connectivity index is 2.58. The minimum atomic E-state index is -0.295. The van der Waals surface area contributed by atoms with Gasteiger partial charge in [-0.1, -0.05) is 17.3 Å². The second-order valence-corrected chi connectivity index (χ2v) is 4.02. The normalized spacial score (nSPS) is 11.9. The molecule has 1 aromatic heterocycles. The molecule has 0 fully saturated rings. The number of hydrogen-bond acceptors (Lipinski definition) is 5. The third kappa shape index (κ3) is 1.73. The van der Waals surface area contributed by atoms with E-state index in [1.165, 1.54) is 18.3 Å². The molecular weight excluding hydrogens is 212 g/mol. The third-order valence-corrected chi connectivity index (χ3v) is 2.97. The van der Waals surface area contributed by atoms with E-state index in [9.17, 15) is 4.79 Å². The van der Waals surface area contributed by atoms with Crippen molar-refractivity contribution in [3.8, 4) is 0 Å². The molecule has 0 radical (unpaired) electrons. The van der Waals surface area contributed by atoms with Crippen molar-refractivity contribution < 1.29 is 10.0 Å². The van der Waals surface area contributed by atoms with E-state index in [4.69, 9.17) is 5.21 Å². The van der Waals surface area contributed by atoms with Gasteiger partial charge in [-0.3, -0.25) is 4.79 Å². The quantitative estimate of drug-likeness (QED) is 0.478. The number of thiazole rings is 1. The molecule has 0 spiro atoms. The van der Waals surface area contributed by atoms with E-state index in [-0.39, 0.29) is 11.5 Å². The topological polar surface area (TPSA) is 62.5 Å². The molecule has 1 N–H and O–H groups in total. The maximum absolute atomic E-state index is 11.1. The van der Waals surface area contributed by atoms with Crippen LogP contribution in [0.3, 0.4) is 0 Å². The van der Waals surface area contributed by atoms with Gasteiger partial charge in [-0.25, -0.2) is 4.98 Å². The Labute approximate surface area is 89.9 Å². The molecule has 0 aliphatic carbocycles. The van der Waals surface area contributed by atoms with Crippen LogP contribution in [0.2, 0.25) is 0 Å². The fraction of sp³-hybridized carbons (Fsp3) is 0.100. The van der Waals surface area contributed by atoms with Crippen LogP contribution in [0.4, 0.5) is 0 Å². The Morgan fingerprint density at radius 2 is 2.20 bits per heavy atom. The monoisotopic (exact) mass is 220 g/mol. The summed E-state index contributed by atoms with van der Waals surface area (Å²) in [6, 6.07) is 7.53. The molecule has 1 heterocycles. The van der Waals surface area contributed by atoms with E-state index >= 15 is 0 Å². The molecular formula is C10H8N2O2S. The van der Waals surface area contributed by atoms with Gasteiger partial charge in [-0.05, 0) is 12.1 Å². The van der Waals surface area contributed by atoms with E-state index in [0.717, 1.165) is 10.2 Å². The molecule has 0 bridgehead atoms. The van der Waals surface area contributed by atoms with Gasteiger partial charge in [0, 0.05) is 6.92 Å². The summed E-state index contributed by atoms with van der Waals surface area (Å²) in [5.74, 6) is -0.295. The molecule has 0 aliphatic heterocycles. The van der Waals surface area contributed by atoms with E-state index in [1.54, 1.807) is 0 Å². The van der Waals surface area contributed by atoms with Gasteiger partial charge in [0.2, 0.25) is 0 Å². The number of nitrogens with zero attached hydrogens (tertiary/aromatic N) is 2. The van der Waals surface area contributed by atoms with Gasteiger partial charge in [0.05, 0.1) is 10.2 Å². The number of ketones is 1. The number of para-hydroxylation sites is 1. The first-order valence-corrected chi connectivity index (χ1v) is 5.13. The lowest BCUT2D eigenvalue weighted by molar-refractivity contribution is -0.111. The zero-order valence-corrected chi connectivity index (χ0v) is 8.78. The zero-order chi connectivity index (χ0) is 10.8. The summed E-state index contributed by atoms with van der Waals surface area (Å²) in [6.07, 6.45) is 0. The van der Waals surface area contributed by atoms with Crippen LogP contribution in [-0.4, -0.2) is 21.7 Å². The van der Waals surface area contributed by atoms with Crippen LogP contribution in [0.25, 0.3) is 10.2 Å². The van der Waals surface area contributed by atoms with Gasteiger partial charge in [0.15, 0.2) is 11.5 Å². The number of fused-ring (bicyclic) bond motifs is 1. The van der Waals surface area contributed by atoms with Gasteiger partial charge < -0.3 is 5.21 Å². The first kappa shape index (κ1) is 9.79. The summed E-state index contributed by atoms with van der Waals surface area (Å²) in [6.45, 7) is 1.35. The first-order valence-electron chi connectivity index (χ1n) is 4.31. The van der Waals surface area contributed by atoms with Crippen molar-refractivity contribution >= 4 is 33.0 Å². The molecule has 0 saturated carbocycles. The van der Waals surface area contributed by atoms with Gasteiger partial charge in [-0.15, -0.1) is 11.3 Å². The molecule has 1 aromatic carbocycles. The van der Waals surface area contributed by atoms with Crippen LogP contribution in [0, 0.1) is 0 Å². The van der Waals surface area contributed by atoms with Gasteiger partial charge in [0.1, 0.15) is 5.01 Å². The van der Waals surface area contributed by atoms with E-state index in [0.29, 0.717) is 5.01 Å². The number of carbonyl (C=O) groups excluding carboxylic acids is 1. The fourth-order valence-electron chi connectivity index (χ4n) is 1.24. The Hall–Kier alpha value is -1.75. The highest BCUT2D eigenvalue weighted by atomic mass is 32.1. The van der Waals surface area contributed by atoms with Crippen molar-refractivity contribution in [3.63, 3.8) is 0 Å². The van der Waals surface area contributed by atoms with Crippen molar-refractivity contribution in [1.29, 1.82) is 0 Å². The maximum Gasteiger partial charge on any atom is 0.184 e. The lowest BCUT2D eigenvalue weighted by Crippen LogP contribution is -2.10. The van der Waals surface area contributed by atoms with Crippen molar-refractivity contribution in [2.24, 2.45) is 5.16 Å². The van der Waals surface area contributed by atoms with Crippen LogP contribution in [0.5, 0.6) is 0 Å². The zero-order valence-electron chi connectivity index (χ0n) is 7.97. The Morgan fingerprint density at radius 1 is 1.47 bits per heavy atom. The second-order valence-electron chi connectivity index (χ2n) is 2.99. The van der Waals surface area contributed by atoms with Gasteiger partial charge in [-0.2, -0.15) is 0 Å². The average Bonchev–Trinajstić information content (AvgIpc) is 2.61. The second kappa shape index (κ2) is 3.78. The molecule has 2 rings (SSSR count). The van der Waals surface area contributed by atoms with Crippen molar-refractivity contribution in [3.05, 3.63) is 29.3 Å². The van der Waals surface area contributed by atoms with Crippen LogP contribution in [0.15, 0.2) is 29.4 Å². The summed E-state index contributed by atoms with van der Waals surface area (Å²) < 4.78 is 0.968. The molecule has 76 valence electrons. The number of aromatic nitrogens is 1. The third-order valence-electron chi connectivity index (χ3n) is 1.93. The molecule has 0 atom stereocenters. The van der Waals surface area contributed by atoms with E-state index < -0.39 is 0 Å². The van der Waals surface area contributed by atoms with E-state index in [1.807, 2.05) is 24.3 Å². The summed E-state index contributed by atoms with van der Waals surface area (Å²) in [7, 11) is 0. The standard InChI is InChI=1S/C10H8N2O2S/c1-6(13)9(12-14)10-11-7-4-2-3-5-8(7)15-10/h2-5,14H,1H3/b12-9+. The molecule has 4 nitrogen and oxygen atoms in total. The minimum Gasteiger partial charge on any atom is -0.410 e. The lowest BCUT2D eigenvalue weighted by Gasteiger charge is -1.91. The molecule has 0 amide bonds. The SMILES string of the molecule is CC(=O)/C(=N\O)c1nc2ccccc2s1. The largest absolute Gasteiger partial charge is 0.410 e. The molecule has 5 heteroatoms. The summed E-state index contributed by atoms with van der Waals surface area (Å²) >= 11 is 1.34. The van der Waals surface area contributed by atoms with Gasteiger partial charge in [0.25, 0.3) is 0 Å². The lowest BCUT2D eigenvalue weighted by atomic mass is 10.3. The predicted octanol–water partition coefficient (Wildman–Crippen LogP) is 2.06. The minimum absolute atomic E-state index is 0.0104. The van der Waals surface area contributed by atoms with Gasteiger partial charge >= 0.3 is 0 Å². The Kier molecular flexibility index (Phi) is 2.47. The predicted molar refractivity (Wildman–Crippen MR) is 58.6 cm³/mol. The smallest absolute Gasteiger partial charge is 0.184 e. The molecule has 0 unspecified atom stereocenters. The van der Waals surface area contributed by atoms with Crippen LogP contribution in [-0.2, 0) is 4.79 Å². The highest BCUT2D eigenvalue weighted by Crippen LogP contribution is 2.22. The number of oxime groups is 1. The number of carbonyl (C=O) groups is 1. The van der Waals surface area contributed by atoms with Crippen LogP contribution in [0.1, 0.15) is 11.9 Å².